The van der Waals surface area contributed by atoms with Gasteiger partial charge in [0.1, 0.15) is 11.4 Å². The van der Waals surface area contributed by atoms with Crippen molar-refractivity contribution in [3.63, 3.8) is 0 Å². The van der Waals surface area contributed by atoms with Gasteiger partial charge in [-0.15, -0.1) is 0 Å². The van der Waals surface area contributed by atoms with Crippen LogP contribution < -0.4 is 5.32 Å². The molecule has 1 unspecified atom stereocenters. The van der Waals surface area contributed by atoms with E-state index in [1.54, 1.807) is 17.9 Å². The molecule has 0 aromatic rings. The van der Waals surface area contributed by atoms with Gasteiger partial charge in [0.25, 0.3) is 5.91 Å². The van der Waals surface area contributed by atoms with Gasteiger partial charge in [-0.05, 0) is 59.6 Å². The Labute approximate surface area is 179 Å². The van der Waals surface area contributed by atoms with Crippen LogP contribution in [0.1, 0.15) is 73.1 Å². The molecular weight excluding hydrogens is 380 g/mol. The second-order valence-electron chi connectivity index (χ2n) is 9.84. The van der Waals surface area contributed by atoms with Crippen molar-refractivity contribution in [3.05, 3.63) is 23.9 Å². The number of allylic oxidation sites excluding steroid dienone is 3. The smallest absolute Gasteiger partial charge is 0.250 e. The fourth-order valence-corrected chi connectivity index (χ4v) is 4.73. The SMILES string of the molecule is CC1=CC=CC2=NC(=O)CC(C)(C(=O)N(CC(=O)NC(C)(C)C)C3CCCCC3)N12. The summed E-state index contributed by atoms with van der Waals surface area (Å²) in [5, 5.41) is 2.97. The van der Waals surface area contributed by atoms with Gasteiger partial charge in [0.05, 0.1) is 13.0 Å². The topological polar surface area (TPSA) is 82.1 Å². The van der Waals surface area contributed by atoms with Crippen LogP contribution >= 0.6 is 0 Å². The first kappa shape index (κ1) is 22.2. The van der Waals surface area contributed by atoms with Crippen molar-refractivity contribution in [3.8, 4) is 0 Å². The minimum absolute atomic E-state index is 0.00152. The molecule has 3 aliphatic rings. The molecule has 0 radical (unpaired) electrons. The molecule has 30 heavy (non-hydrogen) atoms. The molecule has 7 heteroatoms. The highest BCUT2D eigenvalue weighted by molar-refractivity contribution is 6.10. The fourth-order valence-electron chi connectivity index (χ4n) is 4.73. The molecule has 1 atom stereocenters. The maximum atomic E-state index is 14.0. The quantitative estimate of drug-likeness (QED) is 0.767. The lowest BCUT2D eigenvalue weighted by Crippen LogP contribution is -2.64. The van der Waals surface area contributed by atoms with E-state index in [1.807, 2.05) is 44.7 Å². The third kappa shape index (κ3) is 4.65. The Morgan fingerprint density at radius 3 is 2.57 bits per heavy atom. The number of nitrogens with zero attached hydrogens (tertiary/aromatic N) is 3. The van der Waals surface area contributed by atoms with E-state index in [-0.39, 0.29) is 42.3 Å². The summed E-state index contributed by atoms with van der Waals surface area (Å²) < 4.78 is 0. The highest BCUT2D eigenvalue weighted by atomic mass is 16.2. The Kier molecular flexibility index (Phi) is 6.20. The molecule has 3 rings (SSSR count). The lowest BCUT2D eigenvalue weighted by Gasteiger charge is -2.48. The minimum Gasteiger partial charge on any atom is -0.350 e. The third-order valence-electron chi connectivity index (χ3n) is 5.96. The van der Waals surface area contributed by atoms with Gasteiger partial charge in [-0.2, -0.15) is 4.99 Å². The van der Waals surface area contributed by atoms with Crippen molar-refractivity contribution in [2.24, 2.45) is 4.99 Å². The third-order valence-corrected chi connectivity index (χ3v) is 5.96. The predicted molar refractivity (Wildman–Crippen MR) is 117 cm³/mol. The summed E-state index contributed by atoms with van der Waals surface area (Å²) in [6.45, 7) is 9.50. The van der Waals surface area contributed by atoms with E-state index in [9.17, 15) is 14.4 Å². The van der Waals surface area contributed by atoms with Crippen LogP contribution in [0.15, 0.2) is 28.9 Å². The molecule has 0 saturated heterocycles. The molecule has 1 fully saturated rings. The largest absolute Gasteiger partial charge is 0.350 e. The summed E-state index contributed by atoms with van der Waals surface area (Å²) in [5.41, 5.74) is -0.610. The first-order chi connectivity index (χ1) is 14.0. The number of amides is 3. The molecule has 0 bridgehead atoms. The van der Waals surface area contributed by atoms with Crippen LogP contribution in [-0.2, 0) is 14.4 Å². The number of hydrogen-bond acceptors (Lipinski definition) is 4. The monoisotopic (exact) mass is 414 g/mol. The van der Waals surface area contributed by atoms with Gasteiger partial charge in [-0.1, -0.05) is 25.3 Å². The van der Waals surface area contributed by atoms with Crippen LogP contribution in [0.2, 0.25) is 0 Å². The second-order valence-corrected chi connectivity index (χ2v) is 9.84. The minimum atomic E-state index is -1.10. The fraction of sp³-hybridized carbons (Fsp3) is 0.652. The number of rotatable bonds is 4. The second kappa shape index (κ2) is 8.36. The Balaban J connectivity index is 1.93. The number of carbonyl (C=O) groups excluding carboxylic acids is 3. The Bertz CT molecular complexity index is 815. The average molecular weight is 415 g/mol. The number of hydrogen-bond donors (Lipinski definition) is 1. The molecule has 1 N–H and O–H groups in total. The van der Waals surface area contributed by atoms with Crippen molar-refractivity contribution in [2.75, 3.05) is 6.54 Å². The summed E-state index contributed by atoms with van der Waals surface area (Å²) in [5.74, 6) is -0.168. The van der Waals surface area contributed by atoms with E-state index in [0.29, 0.717) is 5.84 Å². The van der Waals surface area contributed by atoms with Crippen LogP contribution in [0.4, 0.5) is 0 Å². The molecule has 0 spiro atoms. The summed E-state index contributed by atoms with van der Waals surface area (Å²) >= 11 is 0. The van der Waals surface area contributed by atoms with Crippen molar-refractivity contribution in [1.29, 1.82) is 0 Å². The number of fused-ring (bicyclic) bond motifs is 1. The van der Waals surface area contributed by atoms with Crippen molar-refractivity contribution < 1.29 is 14.4 Å². The molecule has 1 aliphatic carbocycles. The van der Waals surface area contributed by atoms with E-state index in [1.165, 1.54) is 0 Å². The van der Waals surface area contributed by atoms with Crippen molar-refractivity contribution in [2.45, 2.75) is 90.3 Å². The predicted octanol–water partition coefficient (Wildman–Crippen LogP) is 2.93. The van der Waals surface area contributed by atoms with Gasteiger partial charge in [0.2, 0.25) is 11.8 Å². The van der Waals surface area contributed by atoms with Crippen LogP contribution in [0, 0.1) is 0 Å². The standard InChI is InChI=1S/C23H34N4O3/c1-16-10-9-13-18-24-19(28)14-23(5,27(16)18)21(30)26(17-11-7-6-8-12-17)15-20(29)25-22(2,3)4/h9-10,13,17H,6-8,11-12,14-15H2,1-5H3,(H,25,29). The number of aliphatic imine (C=N–C) groups is 1. The van der Waals surface area contributed by atoms with Crippen LogP contribution in [-0.4, -0.2) is 57.0 Å². The molecule has 0 aromatic carbocycles. The first-order valence-electron chi connectivity index (χ1n) is 10.9. The molecule has 164 valence electrons. The molecular formula is C23H34N4O3. The summed E-state index contributed by atoms with van der Waals surface area (Å²) in [6, 6.07) is 0.0100. The maximum Gasteiger partial charge on any atom is 0.250 e. The molecule has 0 aromatic heterocycles. The van der Waals surface area contributed by atoms with E-state index in [0.717, 1.165) is 37.8 Å². The number of carbonyl (C=O) groups is 3. The van der Waals surface area contributed by atoms with E-state index < -0.39 is 5.54 Å². The zero-order chi connectivity index (χ0) is 22.1. The summed E-state index contributed by atoms with van der Waals surface area (Å²) in [6.07, 6.45) is 10.5. The summed E-state index contributed by atoms with van der Waals surface area (Å²) in [4.78, 5) is 47.0. The average Bonchev–Trinajstić information content (AvgIpc) is 2.64. The van der Waals surface area contributed by atoms with Crippen LogP contribution in [0.25, 0.3) is 0 Å². The van der Waals surface area contributed by atoms with Crippen LogP contribution in [0.5, 0.6) is 0 Å². The zero-order valence-electron chi connectivity index (χ0n) is 18.8. The normalized spacial score (nSPS) is 24.7. The zero-order valence-corrected chi connectivity index (χ0v) is 18.8. The van der Waals surface area contributed by atoms with E-state index in [4.69, 9.17) is 0 Å². The Morgan fingerprint density at radius 1 is 1.27 bits per heavy atom. The van der Waals surface area contributed by atoms with E-state index in [2.05, 4.69) is 10.3 Å². The van der Waals surface area contributed by atoms with E-state index >= 15 is 0 Å². The highest BCUT2D eigenvalue weighted by Crippen LogP contribution is 2.35. The molecule has 2 heterocycles. The maximum absolute atomic E-state index is 14.0. The Morgan fingerprint density at radius 2 is 1.93 bits per heavy atom. The van der Waals surface area contributed by atoms with Gasteiger partial charge < -0.3 is 15.1 Å². The Hall–Kier alpha value is -2.44. The van der Waals surface area contributed by atoms with Crippen molar-refractivity contribution >= 4 is 23.6 Å². The van der Waals surface area contributed by atoms with Gasteiger partial charge in [-0.25, -0.2) is 0 Å². The van der Waals surface area contributed by atoms with Gasteiger partial charge in [0, 0.05) is 17.3 Å². The number of nitrogens with one attached hydrogen (secondary N) is 1. The lowest BCUT2D eigenvalue weighted by molar-refractivity contribution is -0.149. The summed E-state index contributed by atoms with van der Waals surface area (Å²) in [7, 11) is 0. The van der Waals surface area contributed by atoms with Crippen LogP contribution in [0.3, 0.4) is 0 Å². The van der Waals surface area contributed by atoms with Crippen molar-refractivity contribution in [1.82, 2.24) is 15.1 Å². The van der Waals surface area contributed by atoms with Gasteiger partial charge in [0.15, 0.2) is 0 Å². The van der Waals surface area contributed by atoms with Gasteiger partial charge in [-0.3, -0.25) is 14.4 Å². The van der Waals surface area contributed by atoms with Gasteiger partial charge >= 0.3 is 0 Å². The highest BCUT2D eigenvalue weighted by Gasteiger charge is 2.50. The molecule has 2 aliphatic heterocycles. The lowest BCUT2D eigenvalue weighted by atomic mass is 9.86. The molecule has 3 amide bonds. The molecule has 1 saturated carbocycles. The molecule has 7 nitrogen and oxygen atoms in total. The number of amidine groups is 1. The first-order valence-corrected chi connectivity index (χ1v) is 10.9.